The highest BCUT2D eigenvalue weighted by atomic mass is 32.1. The first-order valence-electron chi connectivity index (χ1n) is 7.53. The van der Waals surface area contributed by atoms with Crippen molar-refractivity contribution in [2.45, 2.75) is 57.2 Å². The molecule has 4 rings (SSSR count). The summed E-state index contributed by atoms with van der Waals surface area (Å²) in [6.07, 6.45) is 7.52. The van der Waals surface area contributed by atoms with E-state index >= 15 is 0 Å². The molecule has 0 aromatic carbocycles. The zero-order valence-electron chi connectivity index (χ0n) is 11.7. The van der Waals surface area contributed by atoms with Gasteiger partial charge in [-0.25, -0.2) is 9.97 Å². The van der Waals surface area contributed by atoms with E-state index < -0.39 is 0 Å². The van der Waals surface area contributed by atoms with E-state index in [-0.39, 0.29) is 0 Å². The predicted octanol–water partition coefficient (Wildman–Crippen LogP) is 2.71. The molecule has 0 aliphatic carbocycles. The van der Waals surface area contributed by atoms with E-state index in [1.165, 1.54) is 23.1 Å². The molecule has 5 heteroatoms. The van der Waals surface area contributed by atoms with Gasteiger partial charge < -0.3 is 10.6 Å². The molecule has 4 heterocycles. The van der Waals surface area contributed by atoms with Crippen LogP contribution in [0.4, 0.5) is 5.82 Å². The quantitative estimate of drug-likeness (QED) is 0.923. The molecule has 20 heavy (non-hydrogen) atoms. The molecule has 0 radical (unpaired) electrons. The maximum atomic E-state index is 6.18. The van der Waals surface area contributed by atoms with Gasteiger partial charge in [-0.15, -0.1) is 11.3 Å². The number of nitrogens with two attached hydrogens (primary N) is 1. The van der Waals surface area contributed by atoms with Crippen molar-refractivity contribution in [1.29, 1.82) is 0 Å². The molecule has 2 unspecified atom stereocenters. The molecule has 2 aromatic rings. The fourth-order valence-electron chi connectivity index (χ4n) is 3.84. The first-order chi connectivity index (χ1) is 9.76. The maximum Gasteiger partial charge on any atom is 0.141 e. The van der Waals surface area contributed by atoms with Crippen LogP contribution in [0.25, 0.3) is 10.2 Å². The SMILES string of the molecule is CCc1cc2c(N3C4CCC3CC(N)C4)ncnc2s1. The lowest BCUT2D eigenvalue weighted by atomic mass is 9.98. The first-order valence-corrected chi connectivity index (χ1v) is 8.35. The normalized spacial score (nSPS) is 29.3. The van der Waals surface area contributed by atoms with Gasteiger partial charge in [0.2, 0.25) is 0 Å². The van der Waals surface area contributed by atoms with E-state index in [9.17, 15) is 0 Å². The largest absolute Gasteiger partial charge is 0.350 e. The van der Waals surface area contributed by atoms with Crippen molar-refractivity contribution in [3.63, 3.8) is 0 Å². The van der Waals surface area contributed by atoms with Gasteiger partial charge in [-0.2, -0.15) is 0 Å². The number of hydrogen-bond acceptors (Lipinski definition) is 5. The Hall–Kier alpha value is -1.20. The summed E-state index contributed by atoms with van der Waals surface area (Å²) in [5.41, 5.74) is 6.18. The third-order valence-corrected chi connectivity index (χ3v) is 5.91. The van der Waals surface area contributed by atoms with Crippen LogP contribution >= 0.6 is 11.3 Å². The third kappa shape index (κ3) is 1.84. The van der Waals surface area contributed by atoms with Crippen molar-refractivity contribution in [3.05, 3.63) is 17.3 Å². The lowest BCUT2D eigenvalue weighted by Crippen LogP contribution is -2.47. The van der Waals surface area contributed by atoms with Gasteiger partial charge in [0.05, 0.1) is 5.39 Å². The molecular formula is C15H20N4S. The summed E-state index contributed by atoms with van der Waals surface area (Å²) >= 11 is 1.80. The Morgan fingerprint density at radius 1 is 1.30 bits per heavy atom. The van der Waals surface area contributed by atoms with Crippen LogP contribution in [0, 0.1) is 0 Å². The minimum Gasteiger partial charge on any atom is -0.350 e. The van der Waals surface area contributed by atoms with E-state index in [4.69, 9.17) is 5.73 Å². The first kappa shape index (κ1) is 12.5. The fraction of sp³-hybridized carbons (Fsp3) is 0.600. The summed E-state index contributed by atoms with van der Waals surface area (Å²) in [5.74, 6) is 1.14. The highest BCUT2D eigenvalue weighted by Gasteiger charge is 2.40. The van der Waals surface area contributed by atoms with Crippen LogP contribution in [0.1, 0.15) is 37.5 Å². The Labute approximate surface area is 123 Å². The van der Waals surface area contributed by atoms with Crippen molar-refractivity contribution in [1.82, 2.24) is 9.97 Å². The Morgan fingerprint density at radius 3 is 2.75 bits per heavy atom. The standard InChI is InChI=1S/C15H20N4S/c1-2-12-7-13-14(17-8-18-15(13)20-12)19-10-3-4-11(19)6-9(16)5-10/h7-11H,2-6,16H2,1H3. The monoisotopic (exact) mass is 288 g/mol. The fourth-order valence-corrected chi connectivity index (χ4v) is 4.77. The molecule has 0 saturated carbocycles. The average molecular weight is 288 g/mol. The lowest BCUT2D eigenvalue weighted by molar-refractivity contribution is 0.413. The Bertz CT molecular complexity index is 624. The highest BCUT2D eigenvalue weighted by molar-refractivity contribution is 7.18. The van der Waals surface area contributed by atoms with Crippen molar-refractivity contribution >= 4 is 27.4 Å². The molecule has 2 atom stereocenters. The lowest BCUT2D eigenvalue weighted by Gasteiger charge is -2.38. The molecule has 0 spiro atoms. The van der Waals surface area contributed by atoms with E-state index in [1.54, 1.807) is 17.7 Å². The van der Waals surface area contributed by atoms with Crippen LogP contribution in [0.15, 0.2) is 12.4 Å². The number of aromatic nitrogens is 2. The highest BCUT2D eigenvalue weighted by Crippen LogP contribution is 2.41. The van der Waals surface area contributed by atoms with Gasteiger partial charge in [-0.05, 0) is 38.2 Å². The molecule has 2 fully saturated rings. The van der Waals surface area contributed by atoms with Crippen molar-refractivity contribution in [2.24, 2.45) is 5.73 Å². The molecule has 2 aliphatic heterocycles. The number of nitrogens with zero attached hydrogens (tertiary/aromatic N) is 3. The summed E-state index contributed by atoms with van der Waals surface area (Å²) in [6.45, 7) is 2.20. The number of fused-ring (bicyclic) bond motifs is 3. The summed E-state index contributed by atoms with van der Waals surface area (Å²) in [6, 6.07) is 3.80. The van der Waals surface area contributed by atoms with Crippen LogP contribution in [-0.4, -0.2) is 28.1 Å². The van der Waals surface area contributed by atoms with Gasteiger partial charge in [-0.3, -0.25) is 0 Å². The second kappa shape index (κ2) is 4.67. The smallest absolute Gasteiger partial charge is 0.141 e. The molecule has 2 N–H and O–H groups in total. The van der Waals surface area contributed by atoms with E-state index in [0.29, 0.717) is 18.1 Å². The third-order valence-electron chi connectivity index (χ3n) is 4.72. The van der Waals surface area contributed by atoms with Gasteiger partial charge in [0.25, 0.3) is 0 Å². The van der Waals surface area contributed by atoms with Gasteiger partial charge in [0.15, 0.2) is 0 Å². The summed E-state index contributed by atoms with van der Waals surface area (Å²) in [4.78, 5) is 14.1. The summed E-state index contributed by atoms with van der Waals surface area (Å²) in [7, 11) is 0. The molecule has 2 bridgehead atoms. The van der Waals surface area contributed by atoms with Crippen molar-refractivity contribution in [3.8, 4) is 0 Å². The number of aryl methyl sites for hydroxylation is 1. The number of hydrogen-bond donors (Lipinski definition) is 1. The van der Waals surface area contributed by atoms with Gasteiger partial charge in [-0.1, -0.05) is 6.92 Å². The molecule has 2 aromatic heterocycles. The summed E-state index contributed by atoms with van der Waals surface area (Å²) < 4.78 is 0. The van der Waals surface area contributed by atoms with Crippen LogP contribution in [-0.2, 0) is 6.42 Å². The number of rotatable bonds is 2. The molecular weight excluding hydrogens is 268 g/mol. The van der Waals surface area contributed by atoms with Gasteiger partial charge in [0, 0.05) is 23.0 Å². The van der Waals surface area contributed by atoms with Gasteiger partial charge >= 0.3 is 0 Å². The van der Waals surface area contributed by atoms with Crippen LogP contribution in [0.5, 0.6) is 0 Å². The molecule has 0 amide bonds. The van der Waals surface area contributed by atoms with E-state index in [1.807, 2.05) is 0 Å². The number of piperidine rings is 1. The second-order valence-corrected chi connectivity index (χ2v) is 7.12. The zero-order chi connectivity index (χ0) is 13.7. The van der Waals surface area contributed by atoms with E-state index in [0.717, 1.165) is 29.9 Å². The van der Waals surface area contributed by atoms with Crippen LogP contribution in [0.3, 0.4) is 0 Å². The van der Waals surface area contributed by atoms with Crippen LogP contribution < -0.4 is 10.6 Å². The minimum atomic E-state index is 0.370. The topological polar surface area (TPSA) is 55.0 Å². The van der Waals surface area contributed by atoms with E-state index in [2.05, 4.69) is 27.9 Å². The predicted molar refractivity (Wildman–Crippen MR) is 83.3 cm³/mol. The second-order valence-electron chi connectivity index (χ2n) is 6.01. The van der Waals surface area contributed by atoms with Gasteiger partial charge in [0.1, 0.15) is 17.0 Å². The van der Waals surface area contributed by atoms with Crippen molar-refractivity contribution < 1.29 is 0 Å². The number of anilines is 1. The molecule has 2 aliphatic rings. The maximum absolute atomic E-state index is 6.18. The molecule has 4 nitrogen and oxygen atoms in total. The minimum absolute atomic E-state index is 0.370. The average Bonchev–Trinajstić information content (AvgIpc) is 2.98. The molecule has 2 saturated heterocycles. The Kier molecular flexibility index (Phi) is 2.93. The molecule has 106 valence electrons. The van der Waals surface area contributed by atoms with Crippen LogP contribution in [0.2, 0.25) is 0 Å². The van der Waals surface area contributed by atoms with Crippen molar-refractivity contribution in [2.75, 3.05) is 4.90 Å². The number of thiophene rings is 1. The zero-order valence-corrected chi connectivity index (χ0v) is 12.6. The Morgan fingerprint density at radius 2 is 2.05 bits per heavy atom. The summed E-state index contributed by atoms with van der Waals surface area (Å²) in [5, 5.41) is 1.24. The Balaban J connectivity index is 1.80.